The van der Waals surface area contributed by atoms with E-state index in [-0.39, 0.29) is 6.10 Å². The monoisotopic (exact) mass is 298 g/mol. The number of nitrogen functional groups attached to an aromatic ring is 1. The molecule has 2 atom stereocenters. The zero-order chi connectivity index (χ0) is 12.4. The molecule has 4 heteroatoms. The van der Waals surface area contributed by atoms with Gasteiger partial charge in [0.05, 0.1) is 6.10 Å². The molecule has 0 radical (unpaired) electrons. The summed E-state index contributed by atoms with van der Waals surface area (Å²) in [5.41, 5.74) is 7.98. The molecule has 0 amide bonds. The first-order valence-corrected chi connectivity index (χ1v) is 6.80. The minimum absolute atomic E-state index is 0.150. The van der Waals surface area contributed by atoms with Gasteiger partial charge >= 0.3 is 0 Å². The lowest BCUT2D eigenvalue weighted by atomic mass is 9.96. The number of aliphatic hydroxyl groups is 1. The van der Waals surface area contributed by atoms with Crippen molar-refractivity contribution in [2.45, 2.75) is 26.0 Å². The second-order valence-electron chi connectivity index (χ2n) is 4.88. The number of hydrogen-bond acceptors (Lipinski definition) is 3. The van der Waals surface area contributed by atoms with Crippen LogP contribution in [0.2, 0.25) is 0 Å². The van der Waals surface area contributed by atoms with Crippen LogP contribution in [0.4, 0.5) is 5.69 Å². The van der Waals surface area contributed by atoms with Crippen molar-refractivity contribution in [3.8, 4) is 0 Å². The van der Waals surface area contributed by atoms with Gasteiger partial charge in [0.1, 0.15) is 0 Å². The third-order valence-electron chi connectivity index (χ3n) is 3.48. The molecule has 0 aromatic heterocycles. The Kier molecular flexibility index (Phi) is 4.07. The number of nitrogens with zero attached hydrogens (tertiary/aromatic N) is 1. The SMILES string of the molecule is CC1CN(Cc2c(N)cccc2Br)CCC1O. The molecule has 3 nitrogen and oxygen atoms in total. The van der Waals surface area contributed by atoms with Crippen LogP contribution >= 0.6 is 15.9 Å². The number of halogens is 1. The van der Waals surface area contributed by atoms with Gasteiger partial charge in [0, 0.05) is 35.4 Å². The molecule has 1 aliphatic rings. The highest BCUT2D eigenvalue weighted by Crippen LogP contribution is 2.26. The molecule has 1 saturated heterocycles. The molecule has 1 aliphatic heterocycles. The van der Waals surface area contributed by atoms with Crippen molar-refractivity contribution in [3.05, 3.63) is 28.2 Å². The third kappa shape index (κ3) is 3.00. The standard InChI is InChI=1S/C13H19BrN2O/c1-9-7-16(6-5-13(9)17)8-10-11(14)3-2-4-12(10)15/h2-4,9,13,17H,5-8,15H2,1H3. The van der Waals surface area contributed by atoms with E-state index in [1.165, 1.54) is 0 Å². The number of anilines is 1. The van der Waals surface area contributed by atoms with E-state index in [1.54, 1.807) is 0 Å². The minimum atomic E-state index is -0.150. The van der Waals surface area contributed by atoms with E-state index < -0.39 is 0 Å². The molecular weight excluding hydrogens is 280 g/mol. The van der Waals surface area contributed by atoms with Crippen molar-refractivity contribution in [3.63, 3.8) is 0 Å². The van der Waals surface area contributed by atoms with Crippen LogP contribution in [0.25, 0.3) is 0 Å². The molecule has 2 rings (SSSR count). The van der Waals surface area contributed by atoms with Gasteiger partial charge in [-0.2, -0.15) is 0 Å². The van der Waals surface area contributed by atoms with Crippen LogP contribution in [0, 0.1) is 5.92 Å². The largest absolute Gasteiger partial charge is 0.398 e. The number of aliphatic hydroxyl groups excluding tert-OH is 1. The number of benzene rings is 1. The first kappa shape index (κ1) is 12.9. The summed E-state index contributed by atoms with van der Waals surface area (Å²) in [4.78, 5) is 2.36. The average Bonchev–Trinajstić information content (AvgIpc) is 2.28. The topological polar surface area (TPSA) is 49.5 Å². The molecule has 2 unspecified atom stereocenters. The quantitative estimate of drug-likeness (QED) is 0.823. The average molecular weight is 299 g/mol. The van der Waals surface area contributed by atoms with Gasteiger partial charge in [-0.1, -0.05) is 28.9 Å². The number of hydrogen-bond donors (Lipinski definition) is 2. The summed E-state index contributed by atoms with van der Waals surface area (Å²) < 4.78 is 1.07. The van der Waals surface area contributed by atoms with Gasteiger partial charge in [0.15, 0.2) is 0 Å². The zero-order valence-corrected chi connectivity index (χ0v) is 11.7. The lowest BCUT2D eigenvalue weighted by Crippen LogP contribution is -2.41. The molecule has 94 valence electrons. The predicted octanol–water partition coefficient (Wildman–Crippen LogP) is 2.23. The Hall–Kier alpha value is -0.580. The lowest BCUT2D eigenvalue weighted by Gasteiger charge is -2.34. The van der Waals surface area contributed by atoms with Gasteiger partial charge in [-0.05, 0) is 24.5 Å². The summed E-state index contributed by atoms with van der Waals surface area (Å²) in [6.45, 7) is 4.82. The number of nitrogens with two attached hydrogens (primary N) is 1. The summed E-state index contributed by atoms with van der Waals surface area (Å²) >= 11 is 3.54. The molecule has 0 saturated carbocycles. The van der Waals surface area contributed by atoms with E-state index in [0.29, 0.717) is 5.92 Å². The predicted molar refractivity (Wildman–Crippen MR) is 73.6 cm³/mol. The van der Waals surface area contributed by atoms with Crippen LogP contribution < -0.4 is 5.73 Å². The van der Waals surface area contributed by atoms with Crippen LogP contribution in [0.5, 0.6) is 0 Å². The van der Waals surface area contributed by atoms with Crippen molar-refractivity contribution >= 4 is 21.6 Å². The maximum absolute atomic E-state index is 9.71. The number of piperidine rings is 1. The molecule has 1 aromatic carbocycles. The highest BCUT2D eigenvalue weighted by molar-refractivity contribution is 9.10. The summed E-state index contributed by atoms with van der Waals surface area (Å²) in [6, 6.07) is 5.90. The highest BCUT2D eigenvalue weighted by Gasteiger charge is 2.24. The molecule has 1 aromatic rings. The smallest absolute Gasteiger partial charge is 0.0590 e. The highest BCUT2D eigenvalue weighted by atomic mass is 79.9. The molecule has 1 heterocycles. The van der Waals surface area contributed by atoms with Crippen LogP contribution in [-0.4, -0.2) is 29.2 Å². The van der Waals surface area contributed by atoms with Gasteiger partial charge < -0.3 is 10.8 Å². The first-order valence-electron chi connectivity index (χ1n) is 6.01. The van der Waals surface area contributed by atoms with Crippen LogP contribution in [0.1, 0.15) is 18.9 Å². The van der Waals surface area contributed by atoms with Crippen LogP contribution in [-0.2, 0) is 6.54 Å². The van der Waals surface area contributed by atoms with Gasteiger partial charge in [0.25, 0.3) is 0 Å². The van der Waals surface area contributed by atoms with Crippen molar-refractivity contribution in [2.24, 2.45) is 5.92 Å². The maximum Gasteiger partial charge on any atom is 0.0590 e. The Labute approximate surface area is 111 Å². The Morgan fingerprint density at radius 3 is 2.94 bits per heavy atom. The van der Waals surface area contributed by atoms with Crippen LogP contribution in [0.3, 0.4) is 0 Å². The van der Waals surface area contributed by atoms with Crippen LogP contribution in [0.15, 0.2) is 22.7 Å². The molecule has 1 fully saturated rings. The fourth-order valence-electron chi connectivity index (χ4n) is 2.33. The first-order chi connectivity index (χ1) is 8.08. The number of likely N-dealkylation sites (tertiary alicyclic amines) is 1. The molecule has 0 bridgehead atoms. The molecule has 0 aliphatic carbocycles. The fraction of sp³-hybridized carbons (Fsp3) is 0.538. The third-order valence-corrected chi connectivity index (χ3v) is 4.22. The normalized spacial score (nSPS) is 26.1. The van der Waals surface area contributed by atoms with E-state index in [1.807, 2.05) is 18.2 Å². The Balaban J connectivity index is 2.06. The summed E-state index contributed by atoms with van der Waals surface area (Å²) in [5.74, 6) is 0.340. The molecule has 17 heavy (non-hydrogen) atoms. The fourth-order valence-corrected chi connectivity index (χ4v) is 2.84. The van der Waals surface area contributed by atoms with Gasteiger partial charge in [-0.3, -0.25) is 4.90 Å². The second kappa shape index (κ2) is 5.38. The van der Waals surface area contributed by atoms with Gasteiger partial charge in [-0.25, -0.2) is 0 Å². The Morgan fingerprint density at radius 2 is 2.29 bits per heavy atom. The van der Waals surface area contributed by atoms with E-state index in [2.05, 4.69) is 27.8 Å². The summed E-state index contributed by atoms with van der Waals surface area (Å²) in [6.07, 6.45) is 0.703. The Bertz CT molecular complexity index is 377. The van der Waals surface area contributed by atoms with Gasteiger partial charge in [0.2, 0.25) is 0 Å². The summed E-state index contributed by atoms with van der Waals surface area (Å²) in [7, 11) is 0. The molecule has 0 spiro atoms. The lowest BCUT2D eigenvalue weighted by molar-refractivity contribution is 0.0320. The van der Waals surface area contributed by atoms with Crippen molar-refractivity contribution < 1.29 is 5.11 Å². The molecule has 3 N–H and O–H groups in total. The second-order valence-corrected chi connectivity index (χ2v) is 5.73. The van der Waals surface area contributed by atoms with E-state index in [4.69, 9.17) is 5.73 Å². The Morgan fingerprint density at radius 1 is 1.53 bits per heavy atom. The van der Waals surface area contributed by atoms with E-state index >= 15 is 0 Å². The summed E-state index contributed by atoms with van der Waals surface area (Å²) in [5, 5.41) is 9.71. The van der Waals surface area contributed by atoms with Gasteiger partial charge in [-0.15, -0.1) is 0 Å². The van der Waals surface area contributed by atoms with E-state index in [0.717, 1.165) is 41.8 Å². The van der Waals surface area contributed by atoms with Crippen molar-refractivity contribution in [1.29, 1.82) is 0 Å². The zero-order valence-electron chi connectivity index (χ0n) is 10.1. The van der Waals surface area contributed by atoms with E-state index in [9.17, 15) is 5.11 Å². The van der Waals surface area contributed by atoms with Crippen molar-refractivity contribution in [1.82, 2.24) is 4.90 Å². The minimum Gasteiger partial charge on any atom is -0.398 e. The molecular formula is C13H19BrN2O. The maximum atomic E-state index is 9.71. The van der Waals surface area contributed by atoms with Crippen molar-refractivity contribution in [2.75, 3.05) is 18.8 Å². The number of rotatable bonds is 2.